The number of hydrogen-bond acceptors (Lipinski definition) is 6. The molecule has 1 unspecified atom stereocenters. The third-order valence-electron chi connectivity index (χ3n) is 3.41. The summed E-state index contributed by atoms with van der Waals surface area (Å²) in [7, 11) is 0. The molecule has 0 bridgehead atoms. The minimum atomic E-state index is -0.565. The number of benzene rings is 1. The monoisotopic (exact) mass is 332 g/mol. The van der Waals surface area contributed by atoms with E-state index in [4.69, 9.17) is 9.26 Å². The van der Waals surface area contributed by atoms with Crippen LogP contribution >= 0.6 is 11.3 Å². The molecule has 2 heterocycles. The Labute approximate surface area is 138 Å². The van der Waals surface area contributed by atoms with E-state index in [9.17, 15) is 5.11 Å². The lowest BCUT2D eigenvalue weighted by molar-refractivity contribution is 0.105. The Bertz CT molecular complexity index is 766. The van der Waals surface area contributed by atoms with Crippen LogP contribution in [0.1, 0.15) is 13.8 Å². The van der Waals surface area contributed by atoms with Gasteiger partial charge in [-0.15, -0.1) is 11.3 Å². The van der Waals surface area contributed by atoms with E-state index in [0.717, 1.165) is 21.5 Å². The number of hydrogen-bond donors (Lipinski definition) is 2. The van der Waals surface area contributed by atoms with Gasteiger partial charge in [0.1, 0.15) is 28.9 Å². The molecule has 0 aliphatic heterocycles. The number of nitrogens with one attached hydrogen (secondary N) is 1. The standard InChI is InChI=1S/C17H20N2O3S/c1-11(2)18-9-12(20)10-21-14-6-4-3-5-13(14)16-17-15(22-19-16)7-8-23-17/h3-8,11-12,18,20H,9-10H2,1-2H3. The second kappa shape index (κ2) is 7.12. The second-order valence-corrected chi connectivity index (χ2v) is 6.59. The molecule has 23 heavy (non-hydrogen) atoms. The van der Waals surface area contributed by atoms with E-state index in [-0.39, 0.29) is 6.61 Å². The molecule has 1 atom stereocenters. The van der Waals surface area contributed by atoms with Crippen LogP contribution in [0.5, 0.6) is 5.75 Å². The van der Waals surface area contributed by atoms with Crippen LogP contribution in [0.25, 0.3) is 21.5 Å². The molecule has 0 amide bonds. The van der Waals surface area contributed by atoms with Gasteiger partial charge in [-0.3, -0.25) is 0 Å². The van der Waals surface area contributed by atoms with Gasteiger partial charge in [0, 0.05) is 18.2 Å². The van der Waals surface area contributed by atoms with Crippen LogP contribution in [0.15, 0.2) is 40.2 Å². The van der Waals surface area contributed by atoms with Gasteiger partial charge >= 0.3 is 0 Å². The number of aliphatic hydroxyl groups is 1. The van der Waals surface area contributed by atoms with E-state index in [1.807, 2.05) is 49.6 Å². The van der Waals surface area contributed by atoms with Gasteiger partial charge in [0.05, 0.1) is 0 Å². The summed E-state index contributed by atoms with van der Waals surface area (Å²) >= 11 is 1.59. The third-order valence-corrected chi connectivity index (χ3v) is 4.32. The van der Waals surface area contributed by atoms with Crippen LogP contribution < -0.4 is 10.1 Å². The first kappa shape index (κ1) is 16.0. The van der Waals surface area contributed by atoms with Crippen LogP contribution in [-0.2, 0) is 0 Å². The lowest BCUT2D eigenvalue weighted by atomic mass is 10.1. The fourth-order valence-corrected chi connectivity index (χ4v) is 3.06. The van der Waals surface area contributed by atoms with Crippen molar-refractivity contribution >= 4 is 21.6 Å². The maximum atomic E-state index is 10.00. The molecule has 0 radical (unpaired) electrons. The van der Waals surface area contributed by atoms with Gasteiger partial charge in [0.15, 0.2) is 5.58 Å². The summed E-state index contributed by atoms with van der Waals surface area (Å²) < 4.78 is 12.2. The summed E-state index contributed by atoms with van der Waals surface area (Å²) in [4.78, 5) is 0. The molecule has 1 aromatic carbocycles. The quantitative estimate of drug-likeness (QED) is 0.695. The van der Waals surface area contributed by atoms with E-state index in [0.29, 0.717) is 18.3 Å². The van der Waals surface area contributed by atoms with E-state index < -0.39 is 6.10 Å². The highest BCUT2D eigenvalue weighted by atomic mass is 32.1. The highest BCUT2D eigenvalue weighted by Crippen LogP contribution is 2.36. The molecule has 0 aliphatic rings. The molecule has 6 heteroatoms. The number of ether oxygens (including phenoxy) is 1. The van der Waals surface area contributed by atoms with Crippen LogP contribution in [0.3, 0.4) is 0 Å². The van der Waals surface area contributed by atoms with Crippen molar-refractivity contribution in [1.29, 1.82) is 0 Å². The lowest BCUT2D eigenvalue weighted by Crippen LogP contribution is -2.35. The summed E-state index contributed by atoms with van der Waals surface area (Å²) in [5.41, 5.74) is 2.43. The molecular weight excluding hydrogens is 312 g/mol. The Morgan fingerprint density at radius 1 is 1.30 bits per heavy atom. The first-order valence-electron chi connectivity index (χ1n) is 7.61. The van der Waals surface area contributed by atoms with Gasteiger partial charge < -0.3 is 19.7 Å². The van der Waals surface area contributed by atoms with Crippen molar-refractivity contribution in [3.63, 3.8) is 0 Å². The maximum absolute atomic E-state index is 10.00. The number of para-hydroxylation sites is 1. The summed E-state index contributed by atoms with van der Waals surface area (Å²) in [5.74, 6) is 0.694. The smallest absolute Gasteiger partial charge is 0.178 e. The van der Waals surface area contributed by atoms with Gasteiger partial charge in [-0.1, -0.05) is 31.1 Å². The Morgan fingerprint density at radius 2 is 2.13 bits per heavy atom. The number of nitrogens with zero attached hydrogens (tertiary/aromatic N) is 1. The summed E-state index contributed by atoms with van der Waals surface area (Å²) in [5, 5.41) is 19.3. The van der Waals surface area contributed by atoms with Crippen molar-refractivity contribution < 1.29 is 14.4 Å². The molecule has 0 aliphatic carbocycles. The van der Waals surface area contributed by atoms with E-state index in [2.05, 4.69) is 10.5 Å². The Hall–Kier alpha value is -1.89. The topological polar surface area (TPSA) is 67.5 Å². The van der Waals surface area contributed by atoms with Crippen molar-refractivity contribution in [2.45, 2.75) is 26.0 Å². The average molecular weight is 332 g/mol. The predicted molar refractivity (Wildman–Crippen MR) is 92.0 cm³/mol. The molecule has 3 rings (SSSR count). The molecule has 0 saturated heterocycles. The molecule has 2 aromatic heterocycles. The first-order valence-corrected chi connectivity index (χ1v) is 8.49. The number of thiophene rings is 1. The Morgan fingerprint density at radius 3 is 2.96 bits per heavy atom. The molecule has 122 valence electrons. The zero-order chi connectivity index (χ0) is 16.2. The fourth-order valence-electron chi connectivity index (χ4n) is 2.25. The lowest BCUT2D eigenvalue weighted by Gasteiger charge is -2.16. The summed E-state index contributed by atoms with van der Waals surface area (Å²) in [6, 6.07) is 9.91. The molecule has 5 nitrogen and oxygen atoms in total. The van der Waals surface area contributed by atoms with Gasteiger partial charge in [-0.2, -0.15) is 0 Å². The third kappa shape index (κ3) is 3.72. The molecule has 0 saturated carbocycles. The largest absolute Gasteiger partial charge is 0.490 e. The number of fused-ring (bicyclic) bond motifs is 1. The average Bonchev–Trinajstić information content (AvgIpc) is 3.14. The van der Waals surface area contributed by atoms with Crippen LogP contribution in [0.2, 0.25) is 0 Å². The predicted octanol–water partition coefficient (Wildman–Crippen LogP) is 3.29. The van der Waals surface area contributed by atoms with Crippen molar-refractivity contribution in [2.75, 3.05) is 13.2 Å². The summed E-state index contributed by atoms with van der Waals surface area (Å²) in [6.45, 7) is 4.81. The van der Waals surface area contributed by atoms with E-state index in [1.54, 1.807) is 11.3 Å². The normalized spacial score (nSPS) is 12.9. The van der Waals surface area contributed by atoms with Crippen molar-refractivity contribution in [2.24, 2.45) is 0 Å². The number of aliphatic hydroxyl groups excluding tert-OH is 1. The minimum absolute atomic E-state index is 0.224. The van der Waals surface area contributed by atoms with Gasteiger partial charge in [-0.05, 0) is 23.6 Å². The molecule has 0 spiro atoms. The maximum Gasteiger partial charge on any atom is 0.178 e. The zero-order valence-corrected chi connectivity index (χ0v) is 14.0. The highest BCUT2D eigenvalue weighted by molar-refractivity contribution is 7.17. The van der Waals surface area contributed by atoms with Crippen LogP contribution in [0, 0.1) is 0 Å². The molecular formula is C17H20N2O3S. The molecule has 3 aromatic rings. The Balaban J connectivity index is 1.75. The van der Waals surface area contributed by atoms with Crippen molar-refractivity contribution in [1.82, 2.24) is 10.5 Å². The second-order valence-electron chi connectivity index (χ2n) is 5.67. The summed E-state index contributed by atoms with van der Waals surface area (Å²) in [6.07, 6.45) is -0.565. The zero-order valence-electron chi connectivity index (χ0n) is 13.2. The molecule has 2 N–H and O–H groups in total. The fraction of sp³-hybridized carbons (Fsp3) is 0.353. The SMILES string of the molecule is CC(C)NCC(O)COc1ccccc1-c1noc2ccsc12. The highest BCUT2D eigenvalue weighted by Gasteiger charge is 2.16. The number of aromatic nitrogens is 1. The van der Waals surface area contributed by atoms with Gasteiger partial charge in [-0.25, -0.2) is 0 Å². The minimum Gasteiger partial charge on any atom is -0.490 e. The van der Waals surface area contributed by atoms with E-state index >= 15 is 0 Å². The van der Waals surface area contributed by atoms with Gasteiger partial charge in [0.25, 0.3) is 0 Å². The Kier molecular flexibility index (Phi) is 4.95. The van der Waals surface area contributed by atoms with Crippen LogP contribution in [-0.4, -0.2) is 35.6 Å². The number of rotatable bonds is 7. The first-order chi connectivity index (χ1) is 11.1. The van der Waals surface area contributed by atoms with Gasteiger partial charge in [0.2, 0.25) is 0 Å². The molecule has 0 fully saturated rings. The van der Waals surface area contributed by atoms with Crippen molar-refractivity contribution in [3.8, 4) is 17.0 Å². The van der Waals surface area contributed by atoms with Crippen LogP contribution in [0.4, 0.5) is 0 Å². The van der Waals surface area contributed by atoms with E-state index in [1.165, 1.54) is 0 Å². The van der Waals surface area contributed by atoms with Crippen molar-refractivity contribution in [3.05, 3.63) is 35.7 Å².